The lowest BCUT2D eigenvalue weighted by molar-refractivity contribution is 0.227. The van der Waals surface area contributed by atoms with Crippen molar-refractivity contribution in [3.05, 3.63) is 71.4 Å². The molecule has 0 aliphatic heterocycles. The molecule has 0 saturated carbocycles. The number of benzene rings is 3. The van der Waals surface area contributed by atoms with Gasteiger partial charge in [0, 0.05) is 6.20 Å². The van der Waals surface area contributed by atoms with Crippen LogP contribution in [0.2, 0.25) is 0 Å². The summed E-state index contributed by atoms with van der Waals surface area (Å²) >= 11 is 0. The van der Waals surface area contributed by atoms with Gasteiger partial charge in [-0.1, -0.05) is 18.2 Å². The van der Waals surface area contributed by atoms with Gasteiger partial charge < -0.3 is 43.6 Å². The molecule has 0 amide bonds. The first-order valence-electron chi connectivity index (χ1n) is 12.0. The topological polar surface area (TPSA) is 96.9 Å². The Bertz CT molecular complexity index is 1290. The van der Waals surface area contributed by atoms with Crippen LogP contribution < -0.4 is 38.5 Å². The zero-order valence-corrected chi connectivity index (χ0v) is 23.2. The Hall–Kier alpha value is -4.50. The molecule has 0 saturated heterocycles. The molecule has 0 radical (unpaired) electrons. The predicted molar refractivity (Wildman–Crippen MR) is 152 cm³/mol. The van der Waals surface area contributed by atoms with Crippen molar-refractivity contribution < 1.29 is 38.3 Å². The molecule has 0 aliphatic carbocycles. The molecule has 0 aromatic heterocycles. The van der Waals surface area contributed by atoms with Gasteiger partial charge >= 0.3 is 0 Å². The molecule has 0 bridgehead atoms. The second kappa shape index (κ2) is 13.9. The van der Waals surface area contributed by atoms with Crippen molar-refractivity contribution in [3.63, 3.8) is 0 Å². The quantitative estimate of drug-likeness (QED) is 0.271. The van der Waals surface area contributed by atoms with Crippen LogP contribution in [-0.4, -0.2) is 54.9 Å². The minimum absolute atomic E-state index is 0.521. The summed E-state index contributed by atoms with van der Waals surface area (Å²) in [6.07, 6.45) is 6.23. The van der Waals surface area contributed by atoms with E-state index in [0.29, 0.717) is 51.5 Å². The summed E-state index contributed by atoms with van der Waals surface area (Å²) in [6.45, 7) is 0. The number of aliphatic hydroxyl groups excluding tert-OH is 1. The number of rotatable bonds is 13. The van der Waals surface area contributed by atoms with Crippen molar-refractivity contribution >= 4 is 17.8 Å². The number of ether oxygens (including phenoxy) is 7. The lowest BCUT2D eigenvalue weighted by atomic mass is 10.1. The van der Waals surface area contributed by atoms with E-state index in [1.165, 1.54) is 0 Å². The van der Waals surface area contributed by atoms with Crippen molar-refractivity contribution in [2.75, 3.05) is 55.1 Å². The van der Waals surface area contributed by atoms with Crippen LogP contribution in [0.5, 0.6) is 40.2 Å². The van der Waals surface area contributed by atoms with Gasteiger partial charge in [0.25, 0.3) is 0 Å². The fraction of sp³-hybridized carbons (Fsp3) is 0.267. The van der Waals surface area contributed by atoms with E-state index in [2.05, 4.69) is 5.32 Å². The normalized spacial score (nSPS) is 11.8. The summed E-state index contributed by atoms with van der Waals surface area (Å²) in [5, 5.41) is 13.9. The SMILES string of the molecule is COc1ccc(C(O)/C=C\Nc2cc(/C=C\c3cc(OC)c(OC)c(OC)c3)cc(OC)c2OC)cc1OC. The van der Waals surface area contributed by atoms with Gasteiger partial charge in [-0.2, -0.15) is 0 Å². The molecule has 3 rings (SSSR count). The maximum atomic E-state index is 10.7. The second-order valence-corrected chi connectivity index (χ2v) is 8.16. The van der Waals surface area contributed by atoms with Crippen molar-refractivity contribution in [2.24, 2.45) is 0 Å². The maximum absolute atomic E-state index is 10.7. The minimum atomic E-state index is -0.881. The highest BCUT2D eigenvalue weighted by molar-refractivity contribution is 5.77. The van der Waals surface area contributed by atoms with Gasteiger partial charge in [0.15, 0.2) is 34.5 Å². The van der Waals surface area contributed by atoms with Crippen LogP contribution in [-0.2, 0) is 0 Å². The number of nitrogens with one attached hydrogen (secondary N) is 1. The molecule has 1 unspecified atom stereocenters. The lowest BCUT2D eigenvalue weighted by Gasteiger charge is -2.15. The van der Waals surface area contributed by atoms with Gasteiger partial charge in [0.05, 0.1) is 61.6 Å². The molecule has 208 valence electrons. The average molecular weight is 538 g/mol. The average Bonchev–Trinajstić information content (AvgIpc) is 2.98. The van der Waals surface area contributed by atoms with Crippen LogP contribution in [0.1, 0.15) is 22.8 Å². The molecule has 1 atom stereocenters. The minimum Gasteiger partial charge on any atom is -0.493 e. The number of hydrogen-bond acceptors (Lipinski definition) is 9. The zero-order chi connectivity index (χ0) is 28.4. The monoisotopic (exact) mass is 537 g/mol. The molecule has 9 nitrogen and oxygen atoms in total. The largest absolute Gasteiger partial charge is 0.493 e. The molecule has 0 spiro atoms. The van der Waals surface area contributed by atoms with E-state index in [-0.39, 0.29) is 0 Å². The predicted octanol–water partition coefficient (Wildman–Crippen LogP) is 5.58. The fourth-order valence-corrected chi connectivity index (χ4v) is 3.96. The van der Waals surface area contributed by atoms with Gasteiger partial charge in [-0.25, -0.2) is 0 Å². The number of anilines is 1. The summed E-state index contributed by atoms with van der Waals surface area (Å²) in [5.74, 6) is 3.83. The Balaban J connectivity index is 1.88. The highest BCUT2D eigenvalue weighted by Gasteiger charge is 2.14. The van der Waals surface area contributed by atoms with Gasteiger partial charge in [0.1, 0.15) is 0 Å². The molecular formula is C30H35NO8. The Kier molecular flexibility index (Phi) is 10.3. The molecule has 9 heteroatoms. The molecule has 39 heavy (non-hydrogen) atoms. The molecule has 0 fully saturated rings. The summed E-state index contributed by atoms with van der Waals surface area (Å²) in [5.41, 5.74) is 3.00. The third kappa shape index (κ3) is 6.88. The van der Waals surface area contributed by atoms with Crippen LogP contribution in [0.25, 0.3) is 12.2 Å². The van der Waals surface area contributed by atoms with E-state index in [1.807, 2.05) is 36.4 Å². The Morgan fingerprint density at radius 2 is 1.10 bits per heavy atom. The highest BCUT2D eigenvalue weighted by atomic mass is 16.5. The summed E-state index contributed by atoms with van der Waals surface area (Å²) in [7, 11) is 11.0. The standard InChI is InChI=1S/C30H35NO8/c1-33-24-11-10-21(18-25(24)34-2)23(32)12-13-31-22-14-19(15-26(35-3)29(22)38-6)8-9-20-16-27(36-4)30(39-7)28(17-20)37-5/h8-18,23,31-32H,1-7H3/b9-8-,13-12-. The van der Waals surface area contributed by atoms with E-state index in [0.717, 1.165) is 11.1 Å². The first kappa shape index (κ1) is 29.1. The van der Waals surface area contributed by atoms with Crippen LogP contribution in [0.4, 0.5) is 5.69 Å². The van der Waals surface area contributed by atoms with Crippen molar-refractivity contribution in [2.45, 2.75) is 6.10 Å². The van der Waals surface area contributed by atoms with Crippen LogP contribution in [0.3, 0.4) is 0 Å². The Morgan fingerprint density at radius 1 is 0.590 bits per heavy atom. The molecule has 3 aromatic rings. The maximum Gasteiger partial charge on any atom is 0.203 e. The fourth-order valence-electron chi connectivity index (χ4n) is 3.96. The zero-order valence-electron chi connectivity index (χ0n) is 23.2. The Labute approximate surface area is 229 Å². The highest BCUT2D eigenvalue weighted by Crippen LogP contribution is 2.40. The third-order valence-corrected chi connectivity index (χ3v) is 5.92. The van der Waals surface area contributed by atoms with Gasteiger partial charge in [-0.3, -0.25) is 0 Å². The van der Waals surface area contributed by atoms with E-state index in [9.17, 15) is 5.11 Å². The first-order chi connectivity index (χ1) is 18.9. The molecule has 2 N–H and O–H groups in total. The number of hydrogen-bond donors (Lipinski definition) is 2. The van der Waals surface area contributed by atoms with Crippen LogP contribution in [0.15, 0.2) is 54.7 Å². The van der Waals surface area contributed by atoms with Gasteiger partial charge in [-0.05, 0) is 59.2 Å². The van der Waals surface area contributed by atoms with Crippen molar-refractivity contribution in [1.29, 1.82) is 0 Å². The summed E-state index contributed by atoms with van der Waals surface area (Å²) in [4.78, 5) is 0. The van der Waals surface area contributed by atoms with E-state index in [4.69, 9.17) is 33.2 Å². The molecular weight excluding hydrogens is 502 g/mol. The van der Waals surface area contributed by atoms with E-state index >= 15 is 0 Å². The third-order valence-electron chi connectivity index (χ3n) is 5.92. The number of aliphatic hydroxyl groups is 1. The first-order valence-corrected chi connectivity index (χ1v) is 12.0. The van der Waals surface area contributed by atoms with Crippen molar-refractivity contribution in [1.82, 2.24) is 0 Å². The van der Waals surface area contributed by atoms with E-state index in [1.54, 1.807) is 80.2 Å². The molecule has 0 heterocycles. The molecule has 0 aliphatic rings. The van der Waals surface area contributed by atoms with E-state index < -0.39 is 6.10 Å². The lowest BCUT2D eigenvalue weighted by Crippen LogP contribution is -2.00. The number of methoxy groups -OCH3 is 7. The van der Waals surface area contributed by atoms with Crippen LogP contribution in [0, 0.1) is 0 Å². The molecule has 3 aromatic carbocycles. The van der Waals surface area contributed by atoms with Gasteiger partial charge in [-0.15, -0.1) is 0 Å². The summed E-state index contributed by atoms with van der Waals surface area (Å²) < 4.78 is 38.0. The van der Waals surface area contributed by atoms with Crippen LogP contribution >= 0.6 is 0 Å². The second-order valence-electron chi connectivity index (χ2n) is 8.16. The van der Waals surface area contributed by atoms with Gasteiger partial charge in [0.2, 0.25) is 5.75 Å². The smallest absolute Gasteiger partial charge is 0.203 e. The van der Waals surface area contributed by atoms with Crippen molar-refractivity contribution in [3.8, 4) is 40.2 Å². The Morgan fingerprint density at radius 3 is 1.62 bits per heavy atom. The summed E-state index contributed by atoms with van der Waals surface area (Å²) in [6, 6.07) is 12.7.